The van der Waals surface area contributed by atoms with Gasteiger partial charge in [-0.15, -0.1) is 0 Å². The van der Waals surface area contributed by atoms with Crippen LogP contribution < -0.4 is 10.6 Å². The maximum atomic E-state index is 11.9. The van der Waals surface area contributed by atoms with Crippen molar-refractivity contribution in [3.63, 3.8) is 0 Å². The molecule has 0 saturated heterocycles. The second-order valence-electron chi connectivity index (χ2n) is 4.76. The number of carbonyl (C=O) groups is 2. The van der Waals surface area contributed by atoms with E-state index < -0.39 is 11.8 Å². The van der Waals surface area contributed by atoms with Gasteiger partial charge >= 0.3 is 11.8 Å². The molecule has 116 valence electrons. The van der Waals surface area contributed by atoms with Crippen LogP contribution in [0.4, 0.5) is 5.69 Å². The molecule has 2 aromatic rings. The number of amides is 2. The van der Waals surface area contributed by atoms with Gasteiger partial charge in [0.25, 0.3) is 0 Å². The summed E-state index contributed by atoms with van der Waals surface area (Å²) in [5.41, 5.74) is 2.51. The predicted octanol–water partition coefficient (Wildman–Crippen LogP) is 2.50. The van der Waals surface area contributed by atoms with Gasteiger partial charge in [-0.3, -0.25) is 9.59 Å². The van der Waals surface area contributed by atoms with E-state index in [1.54, 1.807) is 30.6 Å². The average molecular weight is 318 g/mol. The normalized spacial score (nSPS) is 11.7. The molecule has 0 bridgehead atoms. The van der Waals surface area contributed by atoms with Crippen molar-refractivity contribution in [3.05, 3.63) is 52.2 Å². The molecule has 0 spiro atoms. The maximum absolute atomic E-state index is 11.9. The largest absolute Gasteiger partial charge is 0.375 e. The minimum Gasteiger partial charge on any atom is -0.375 e. The van der Waals surface area contributed by atoms with Gasteiger partial charge in [-0.25, -0.2) is 0 Å². The molecule has 0 aliphatic carbocycles. The fourth-order valence-electron chi connectivity index (χ4n) is 1.95. The number of para-hydroxylation sites is 1. The standard InChI is InChI=1S/C16H18N2O3S/c1-11-5-3-4-6-13(11)18-16(20)15(19)17-9-14(21-2)12-7-8-22-10-12/h3-8,10,14H,9H2,1-2H3,(H,17,19)(H,18,20). The number of nitrogens with one attached hydrogen (secondary N) is 2. The summed E-state index contributed by atoms with van der Waals surface area (Å²) in [6.07, 6.45) is -0.263. The Morgan fingerprint density at radius 2 is 2.00 bits per heavy atom. The van der Waals surface area contributed by atoms with E-state index in [-0.39, 0.29) is 12.6 Å². The molecule has 6 heteroatoms. The van der Waals surface area contributed by atoms with Crippen molar-refractivity contribution in [2.45, 2.75) is 13.0 Å². The summed E-state index contributed by atoms with van der Waals surface area (Å²) in [6, 6.07) is 9.22. The van der Waals surface area contributed by atoms with Crippen LogP contribution in [0.15, 0.2) is 41.1 Å². The second kappa shape index (κ2) is 7.72. The lowest BCUT2D eigenvalue weighted by molar-refractivity contribution is -0.136. The van der Waals surface area contributed by atoms with Crippen LogP contribution in [-0.4, -0.2) is 25.5 Å². The summed E-state index contributed by atoms with van der Waals surface area (Å²) in [4.78, 5) is 23.8. The Hall–Kier alpha value is -2.18. The molecule has 2 N–H and O–H groups in total. The summed E-state index contributed by atoms with van der Waals surface area (Å²) in [5, 5.41) is 9.08. The second-order valence-corrected chi connectivity index (χ2v) is 5.54. The first-order valence-corrected chi connectivity index (χ1v) is 7.75. The molecule has 0 radical (unpaired) electrons. The van der Waals surface area contributed by atoms with Crippen LogP contribution in [0.5, 0.6) is 0 Å². The first-order valence-electron chi connectivity index (χ1n) is 6.81. The molecule has 0 saturated carbocycles. The number of hydrogen-bond donors (Lipinski definition) is 2. The zero-order valence-electron chi connectivity index (χ0n) is 12.5. The van der Waals surface area contributed by atoms with Gasteiger partial charge in [0.15, 0.2) is 0 Å². The fourth-order valence-corrected chi connectivity index (χ4v) is 2.66. The topological polar surface area (TPSA) is 67.4 Å². The lowest BCUT2D eigenvalue weighted by atomic mass is 10.2. The van der Waals surface area contributed by atoms with E-state index in [9.17, 15) is 9.59 Å². The quantitative estimate of drug-likeness (QED) is 0.832. The number of thiophene rings is 1. The lowest BCUT2D eigenvalue weighted by Gasteiger charge is -2.15. The molecule has 5 nitrogen and oxygen atoms in total. The van der Waals surface area contributed by atoms with E-state index in [2.05, 4.69) is 10.6 Å². The molecule has 2 rings (SSSR count). The first-order chi connectivity index (χ1) is 10.6. The summed E-state index contributed by atoms with van der Waals surface area (Å²) < 4.78 is 5.32. The summed E-state index contributed by atoms with van der Waals surface area (Å²) in [6.45, 7) is 2.11. The van der Waals surface area contributed by atoms with Crippen LogP contribution in [-0.2, 0) is 14.3 Å². The third kappa shape index (κ3) is 4.16. The SMILES string of the molecule is COC(CNC(=O)C(=O)Nc1ccccc1C)c1ccsc1. The molecule has 1 atom stereocenters. The Morgan fingerprint density at radius 3 is 2.64 bits per heavy atom. The predicted molar refractivity (Wildman–Crippen MR) is 86.9 cm³/mol. The van der Waals surface area contributed by atoms with Crippen molar-refractivity contribution >= 4 is 28.8 Å². The highest BCUT2D eigenvalue weighted by Gasteiger charge is 2.17. The van der Waals surface area contributed by atoms with Crippen LogP contribution in [0, 0.1) is 6.92 Å². The maximum Gasteiger partial charge on any atom is 0.313 e. The van der Waals surface area contributed by atoms with Gasteiger partial charge in [0.1, 0.15) is 6.10 Å². The Morgan fingerprint density at radius 1 is 1.23 bits per heavy atom. The highest BCUT2D eigenvalue weighted by molar-refractivity contribution is 7.07. The molecule has 0 fully saturated rings. The summed E-state index contributed by atoms with van der Waals surface area (Å²) >= 11 is 1.56. The van der Waals surface area contributed by atoms with Crippen LogP contribution in [0.3, 0.4) is 0 Å². The molecule has 22 heavy (non-hydrogen) atoms. The number of hydrogen-bond acceptors (Lipinski definition) is 4. The van der Waals surface area contributed by atoms with Crippen molar-refractivity contribution in [2.75, 3.05) is 19.0 Å². The van der Waals surface area contributed by atoms with Crippen molar-refractivity contribution < 1.29 is 14.3 Å². The Balaban J connectivity index is 1.89. The third-order valence-electron chi connectivity index (χ3n) is 3.25. The molecule has 0 aliphatic rings. The van der Waals surface area contributed by atoms with Crippen molar-refractivity contribution in [3.8, 4) is 0 Å². The molecular weight excluding hydrogens is 300 g/mol. The monoisotopic (exact) mass is 318 g/mol. The number of rotatable bonds is 5. The highest BCUT2D eigenvalue weighted by atomic mass is 32.1. The number of methoxy groups -OCH3 is 1. The van der Waals surface area contributed by atoms with Gasteiger partial charge in [-0.1, -0.05) is 18.2 Å². The fraction of sp³-hybridized carbons (Fsp3) is 0.250. The average Bonchev–Trinajstić information content (AvgIpc) is 3.04. The van der Waals surface area contributed by atoms with E-state index in [4.69, 9.17) is 4.74 Å². The summed E-state index contributed by atoms with van der Waals surface area (Å²) in [7, 11) is 1.57. The minimum absolute atomic E-state index is 0.243. The van der Waals surface area contributed by atoms with Gasteiger partial charge in [-0.05, 0) is 40.9 Å². The van der Waals surface area contributed by atoms with E-state index in [1.807, 2.05) is 35.9 Å². The van der Waals surface area contributed by atoms with E-state index in [0.717, 1.165) is 11.1 Å². The van der Waals surface area contributed by atoms with Gasteiger partial charge in [0.05, 0.1) is 0 Å². The van der Waals surface area contributed by atoms with Crippen LogP contribution in [0.25, 0.3) is 0 Å². The first kappa shape index (κ1) is 16.2. The number of anilines is 1. The van der Waals surface area contributed by atoms with Gasteiger partial charge in [-0.2, -0.15) is 11.3 Å². The highest BCUT2D eigenvalue weighted by Crippen LogP contribution is 2.18. The van der Waals surface area contributed by atoms with Crippen LogP contribution in [0.1, 0.15) is 17.2 Å². The van der Waals surface area contributed by atoms with Crippen molar-refractivity contribution in [1.29, 1.82) is 0 Å². The van der Waals surface area contributed by atoms with Gasteiger partial charge < -0.3 is 15.4 Å². The molecule has 1 heterocycles. The molecule has 1 aromatic carbocycles. The lowest BCUT2D eigenvalue weighted by Crippen LogP contribution is -2.38. The smallest absolute Gasteiger partial charge is 0.313 e. The zero-order chi connectivity index (χ0) is 15.9. The van der Waals surface area contributed by atoms with E-state index >= 15 is 0 Å². The molecule has 0 aliphatic heterocycles. The molecular formula is C16H18N2O3S. The van der Waals surface area contributed by atoms with Gasteiger partial charge in [0, 0.05) is 19.3 Å². The number of benzene rings is 1. The zero-order valence-corrected chi connectivity index (χ0v) is 13.3. The number of ether oxygens (including phenoxy) is 1. The number of carbonyl (C=O) groups excluding carboxylic acids is 2. The Labute approximate surface area is 133 Å². The van der Waals surface area contributed by atoms with Crippen molar-refractivity contribution in [1.82, 2.24) is 5.32 Å². The number of aryl methyl sites for hydroxylation is 1. The Bertz CT molecular complexity index is 641. The minimum atomic E-state index is -0.686. The molecule has 1 unspecified atom stereocenters. The molecule has 1 aromatic heterocycles. The van der Waals surface area contributed by atoms with Gasteiger partial charge in [0.2, 0.25) is 0 Å². The van der Waals surface area contributed by atoms with Crippen LogP contribution in [0.2, 0.25) is 0 Å². The van der Waals surface area contributed by atoms with Crippen LogP contribution >= 0.6 is 11.3 Å². The summed E-state index contributed by atoms with van der Waals surface area (Å²) in [5.74, 6) is -1.37. The van der Waals surface area contributed by atoms with Crippen molar-refractivity contribution in [2.24, 2.45) is 0 Å². The Kier molecular flexibility index (Phi) is 5.68. The van der Waals surface area contributed by atoms with E-state index in [1.165, 1.54) is 0 Å². The molecule has 2 amide bonds. The van der Waals surface area contributed by atoms with E-state index in [0.29, 0.717) is 5.69 Å². The third-order valence-corrected chi connectivity index (χ3v) is 3.95.